The fourth-order valence-corrected chi connectivity index (χ4v) is 3.36. The van der Waals surface area contributed by atoms with E-state index in [2.05, 4.69) is 20.2 Å². The Morgan fingerprint density at radius 1 is 1.12 bits per heavy atom. The molecule has 1 N–H and O–H groups in total. The first-order chi connectivity index (χ1) is 12.6. The van der Waals surface area contributed by atoms with Crippen LogP contribution < -0.4 is 10.2 Å². The predicted molar refractivity (Wildman–Crippen MR) is 97.5 cm³/mol. The second-order valence-electron chi connectivity index (χ2n) is 6.32. The van der Waals surface area contributed by atoms with Crippen LogP contribution in [0.25, 0.3) is 0 Å². The third-order valence-electron chi connectivity index (χ3n) is 4.65. The molecule has 7 nitrogen and oxygen atoms in total. The molecule has 2 aliphatic heterocycles. The SMILES string of the molecule is O=C(Nc1ccc(Cl)cc1)c1cc(N2CCC3(CC2)OCCO3)ncn1. The maximum atomic E-state index is 12.4. The second-order valence-corrected chi connectivity index (χ2v) is 6.75. The largest absolute Gasteiger partial charge is 0.356 e. The monoisotopic (exact) mass is 374 g/mol. The predicted octanol–water partition coefficient (Wildman–Crippen LogP) is 2.73. The molecular formula is C18H19ClN4O3. The van der Waals surface area contributed by atoms with Crippen LogP contribution in [0.1, 0.15) is 23.3 Å². The number of ether oxygens (including phenoxy) is 2. The summed E-state index contributed by atoms with van der Waals surface area (Å²) in [6.45, 7) is 2.83. The van der Waals surface area contributed by atoms with Crippen molar-refractivity contribution < 1.29 is 14.3 Å². The molecule has 1 aromatic carbocycles. The van der Waals surface area contributed by atoms with E-state index in [-0.39, 0.29) is 5.91 Å². The minimum absolute atomic E-state index is 0.285. The number of nitrogens with zero attached hydrogens (tertiary/aromatic N) is 3. The molecule has 0 atom stereocenters. The molecule has 26 heavy (non-hydrogen) atoms. The summed E-state index contributed by atoms with van der Waals surface area (Å²) >= 11 is 5.86. The maximum absolute atomic E-state index is 12.4. The summed E-state index contributed by atoms with van der Waals surface area (Å²) in [6.07, 6.45) is 2.98. The van der Waals surface area contributed by atoms with Gasteiger partial charge in [0.15, 0.2) is 5.79 Å². The van der Waals surface area contributed by atoms with E-state index in [4.69, 9.17) is 21.1 Å². The standard InChI is InChI=1S/C18H19ClN4O3/c19-13-1-3-14(4-2-13)22-17(24)15-11-16(21-12-20-15)23-7-5-18(6-8-23)25-9-10-26-18/h1-4,11-12H,5-10H2,(H,22,24). The van der Waals surface area contributed by atoms with Gasteiger partial charge in [-0.1, -0.05) is 11.6 Å². The number of nitrogens with one attached hydrogen (secondary N) is 1. The number of hydrogen-bond acceptors (Lipinski definition) is 6. The zero-order chi connectivity index (χ0) is 18.0. The third kappa shape index (κ3) is 3.65. The number of anilines is 2. The van der Waals surface area contributed by atoms with Crippen LogP contribution >= 0.6 is 11.6 Å². The molecule has 0 radical (unpaired) electrons. The van der Waals surface area contributed by atoms with Crippen molar-refractivity contribution in [3.63, 3.8) is 0 Å². The summed E-state index contributed by atoms with van der Waals surface area (Å²) in [7, 11) is 0. The van der Waals surface area contributed by atoms with Gasteiger partial charge in [0.1, 0.15) is 17.8 Å². The first kappa shape index (κ1) is 17.2. The molecule has 4 rings (SSSR count). The van der Waals surface area contributed by atoms with Crippen LogP contribution in [0, 0.1) is 0 Å². The van der Waals surface area contributed by atoms with E-state index in [1.54, 1.807) is 30.3 Å². The molecule has 2 fully saturated rings. The van der Waals surface area contributed by atoms with Gasteiger partial charge in [-0.2, -0.15) is 0 Å². The van der Waals surface area contributed by atoms with Crippen molar-refractivity contribution >= 4 is 29.0 Å². The van der Waals surface area contributed by atoms with Crippen LogP contribution in [-0.2, 0) is 9.47 Å². The van der Waals surface area contributed by atoms with Crippen molar-refractivity contribution in [2.24, 2.45) is 0 Å². The highest BCUT2D eigenvalue weighted by atomic mass is 35.5. The van der Waals surface area contributed by atoms with Gasteiger partial charge in [-0.25, -0.2) is 9.97 Å². The van der Waals surface area contributed by atoms with Gasteiger partial charge in [0.25, 0.3) is 5.91 Å². The van der Waals surface area contributed by atoms with Crippen molar-refractivity contribution in [2.45, 2.75) is 18.6 Å². The zero-order valence-electron chi connectivity index (χ0n) is 14.2. The fraction of sp³-hybridized carbons (Fsp3) is 0.389. The van der Waals surface area contributed by atoms with Gasteiger partial charge in [0.05, 0.1) is 13.2 Å². The van der Waals surface area contributed by atoms with Gasteiger partial charge in [-0.15, -0.1) is 0 Å². The molecule has 3 heterocycles. The first-order valence-corrected chi connectivity index (χ1v) is 8.93. The van der Waals surface area contributed by atoms with Gasteiger partial charge in [-0.3, -0.25) is 4.79 Å². The lowest BCUT2D eigenvalue weighted by Gasteiger charge is -2.38. The van der Waals surface area contributed by atoms with E-state index in [1.165, 1.54) is 6.33 Å². The van der Waals surface area contributed by atoms with E-state index in [1.807, 2.05) is 0 Å². The Bertz CT molecular complexity index is 783. The van der Waals surface area contributed by atoms with Crippen molar-refractivity contribution in [2.75, 3.05) is 36.5 Å². The maximum Gasteiger partial charge on any atom is 0.274 e. The molecule has 0 aliphatic carbocycles. The molecule has 8 heteroatoms. The molecule has 0 saturated carbocycles. The van der Waals surface area contributed by atoms with Crippen molar-refractivity contribution in [1.82, 2.24) is 9.97 Å². The molecule has 1 aromatic heterocycles. The van der Waals surface area contributed by atoms with Crippen molar-refractivity contribution in [1.29, 1.82) is 0 Å². The van der Waals surface area contributed by atoms with E-state index in [9.17, 15) is 4.79 Å². The number of amides is 1. The van der Waals surface area contributed by atoms with E-state index in [0.717, 1.165) is 31.7 Å². The van der Waals surface area contributed by atoms with Gasteiger partial charge >= 0.3 is 0 Å². The molecule has 2 aromatic rings. The van der Waals surface area contributed by atoms with E-state index >= 15 is 0 Å². The van der Waals surface area contributed by atoms with Crippen LogP contribution in [-0.4, -0.2) is 48.0 Å². The number of halogens is 1. The Kier molecular flexibility index (Phi) is 4.76. The summed E-state index contributed by atoms with van der Waals surface area (Å²) in [4.78, 5) is 23.0. The quantitative estimate of drug-likeness (QED) is 0.890. The van der Waals surface area contributed by atoms with Crippen LogP contribution in [0.4, 0.5) is 11.5 Å². The highest BCUT2D eigenvalue weighted by Crippen LogP contribution is 2.32. The van der Waals surface area contributed by atoms with Crippen LogP contribution in [0.15, 0.2) is 36.7 Å². The first-order valence-electron chi connectivity index (χ1n) is 8.55. The number of carbonyl (C=O) groups excluding carboxylic acids is 1. The lowest BCUT2D eigenvalue weighted by Crippen LogP contribution is -2.45. The Morgan fingerprint density at radius 3 is 2.50 bits per heavy atom. The van der Waals surface area contributed by atoms with Crippen molar-refractivity contribution in [3.8, 4) is 0 Å². The fourth-order valence-electron chi connectivity index (χ4n) is 3.23. The molecule has 1 amide bonds. The summed E-state index contributed by atoms with van der Waals surface area (Å²) < 4.78 is 11.5. The average molecular weight is 375 g/mol. The smallest absolute Gasteiger partial charge is 0.274 e. The topological polar surface area (TPSA) is 76.6 Å². The highest BCUT2D eigenvalue weighted by molar-refractivity contribution is 6.30. The molecule has 0 bridgehead atoms. The Hall–Kier alpha value is -2.22. The van der Waals surface area contributed by atoms with E-state index < -0.39 is 5.79 Å². The summed E-state index contributed by atoms with van der Waals surface area (Å²) in [5.41, 5.74) is 0.980. The summed E-state index contributed by atoms with van der Waals surface area (Å²) in [5, 5.41) is 3.42. The number of aromatic nitrogens is 2. The Morgan fingerprint density at radius 2 is 1.81 bits per heavy atom. The molecule has 2 aliphatic rings. The molecule has 2 saturated heterocycles. The van der Waals surface area contributed by atoms with Gasteiger partial charge in [0.2, 0.25) is 0 Å². The second kappa shape index (κ2) is 7.19. The average Bonchev–Trinajstić information content (AvgIpc) is 3.12. The van der Waals surface area contributed by atoms with Crippen LogP contribution in [0.3, 0.4) is 0 Å². The third-order valence-corrected chi connectivity index (χ3v) is 4.90. The molecule has 136 valence electrons. The zero-order valence-corrected chi connectivity index (χ0v) is 14.9. The number of benzene rings is 1. The van der Waals surface area contributed by atoms with E-state index in [0.29, 0.717) is 29.6 Å². The lowest BCUT2D eigenvalue weighted by molar-refractivity contribution is -0.169. The molecule has 0 unspecified atom stereocenters. The van der Waals surface area contributed by atoms with Crippen LogP contribution in [0.2, 0.25) is 5.02 Å². The normalized spacial score (nSPS) is 18.9. The highest BCUT2D eigenvalue weighted by Gasteiger charge is 2.40. The minimum Gasteiger partial charge on any atom is -0.356 e. The number of carbonyl (C=O) groups is 1. The summed E-state index contributed by atoms with van der Waals surface area (Å²) in [6, 6.07) is 8.64. The van der Waals surface area contributed by atoms with Gasteiger partial charge in [-0.05, 0) is 24.3 Å². The minimum atomic E-state index is -0.432. The lowest BCUT2D eigenvalue weighted by atomic mass is 10.0. The van der Waals surface area contributed by atoms with Gasteiger partial charge < -0.3 is 19.7 Å². The Labute approximate surface area is 156 Å². The number of piperidine rings is 1. The van der Waals surface area contributed by atoms with Gasteiger partial charge in [0, 0.05) is 42.7 Å². The molecular weight excluding hydrogens is 356 g/mol. The van der Waals surface area contributed by atoms with Crippen molar-refractivity contribution in [3.05, 3.63) is 47.4 Å². The number of hydrogen-bond donors (Lipinski definition) is 1. The Balaban J connectivity index is 1.43. The summed E-state index contributed by atoms with van der Waals surface area (Å²) in [5.74, 6) is 0.0132. The molecule has 1 spiro atoms. The van der Waals surface area contributed by atoms with Crippen LogP contribution in [0.5, 0.6) is 0 Å². The number of rotatable bonds is 3.